The Morgan fingerprint density at radius 3 is 2.79 bits per heavy atom. The van der Waals surface area contributed by atoms with Crippen molar-refractivity contribution in [1.29, 1.82) is 0 Å². The molecule has 1 N–H and O–H groups in total. The molecule has 1 aliphatic carbocycles. The van der Waals surface area contributed by atoms with Gasteiger partial charge in [-0.2, -0.15) is 0 Å². The molecule has 1 aromatic heterocycles. The Hall–Kier alpha value is -2.28. The average molecular weight is 392 g/mol. The van der Waals surface area contributed by atoms with Crippen LogP contribution in [0.1, 0.15) is 44.7 Å². The summed E-state index contributed by atoms with van der Waals surface area (Å²) in [5.74, 6) is -3.36. The first-order chi connectivity index (χ1) is 13.4. The van der Waals surface area contributed by atoms with Gasteiger partial charge in [0, 0.05) is 32.0 Å². The second-order valence-corrected chi connectivity index (χ2v) is 7.35. The van der Waals surface area contributed by atoms with Crippen LogP contribution in [-0.4, -0.2) is 46.4 Å². The standard InChI is InChI=1S/C21H26F2N2O3/c1-2-12-28-19-5-3-4-17(24-19)16-6-9-21(23,18(22)14-16)25-10-7-15(8-11-25)13-20(26)27/h3-6,14-15H,2,7-13H2,1H3,(H,26,27). The predicted octanol–water partition coefficient (Wildman–Crippen LogP) is 4.36. The molecule has 0 amide bonds. The van der Waals surface area contributed by atoms with Crippen molar-refractivity contribution in [2.45, 2.75) is 44.8 Å². The molecule has 5 nitrogen and oxygen atoms in total. The SMILES string of the molecule is CCCOc1cccc(C2=CCC(F)(N3CCC(CC(=O)O)CC3)C(F)=C2)n1. The predicted molar refractivity (Wildman–Crippen MR) is 102 cm³/mol. The lowest BCUT2D eigenvalue weighted by Gasteiger charge is -2.41. The summed E-state index contributed by atoms with van der Waals surface area (Å²) in [6.07, 6.45) is 4.82. The minimum atomic E-state index is -2.17. The van der Waals surface area contributed by atoms with Crippen molar-refractivity contribution in [1.82, 2.24) is 9.88 Å². The van der Waals surface area contributed by atoms with Gasteiger partial charge in [-0.1, -0.05) is 19.1 Å². The fourth-order valence-electron chi connectivity index (χ4n) is 3.71. The van der Waals surface area contributed by atoms with Crippen molar-refractivity contribution >= 4 is 11.5 Å². The number of carboxylic acid groups (broad SMARTS) is 1. The molecule has 1 saturated heterocycles. The van der Waals surface area contributed by atoms with E-state index < -0.39 is 17.6 Å². The van der Waals surface area contributed by atoms with Crippen molar-refractivity contribution in [3.8, 4) is 5.88 Å². The number of nitrogens with zero attached hydrogens (tertiary/aromatic N) is 2. The summed E-state index contributed by atoms with van der Waals surface area (Å²) in [5.41, 5.74) is 1.08. The van der Waals surface area contributed by atoms with Crippen LogP contribution in [0.25, 0.3) is 5.57 Å². The number of rotatable bonds is 7. The lowest BCUT2D eigenvalue weighted by atomic mass is 9.89. The van der Waals surface area contributed by atoms with E-state index in [1.54, 1.807) is 24.3 Å². The van der Waals surface area contributed by atoms with Crippen LogP contribution in [0.3, 0.4) is 0 Å². The van der Waals surface area contributed by atoms with Gasteiger partial charge in [-0.15, -0.1) is 0 Å². The summed E-state index contributed by atoms with van der Waals surface area (Å²) in [6.45, 7) is 3.23. The van der Waals surface area contributed by atoms with Gasteiger partial charge in [0.05, 0.1) is 12.3 Å². The van der Waals surface area contributed by atoms with Gasteiger partial charge < -0.3 is 9.84 Å². The quantitative estimate of drug-likeness (QED) is 0.699. The Labute approximate surface area is 163 Å². The van der Waals surface area contributed by atoms with Crippen LogP contribution >= 0.6 is 0 Å². The molecule has 152 valence electrons. The Kier molecular flexibility index (Phi) is 6.44. The number of hydrogen-bond donors (Lipinski definition) is 1. The molecule has 0 bridgehead atoms. The maximum atomic E-state index is 15.5. The van der Waals surface area contributed by atoms with Crippen LogP contribution in [0, 0.1) is 5.92 Å². The highest BCUT2D eigenvalue weighted by Crippen LogP contribution is 2.40. The molecule has 1 aromatic rings. The first-order valence-electron chi connectivity index (χ1n) is 9.76. The molecule has 1 unspecified atom stereocenters. The summed E-state index contributed by atoms with van der Waals surface area (Å²) in [7, 11) is 0. The number of alkyl halides is 1. The third kappa shape index (κ3) is 4.58. The number of halogens is 2. The molecule has 0 spiro atoms. The van der Waals surface area contributed by atoms with Gasteiger partial charge >= 0.3 is 5.97 Å². The summed E-state index contributed by atoms with van der Waals surface area (Å²) >= 11 is 0. The normalized spacial score (nSPS) is 23.8. The summed E-state index contributed by atoms with van der Waals surface area (Å²) < 4.78 is 35.8. The number of aliphatic carboxylic acids is 1. The van der Waals surface area contributed by atoms with Gasteiger partial charge in [0.2, 0.25) is 11.7 Å². The Balaban J connectivity index is 1.68. The number of carboxylic acids is 1. The number of hydrogen-bond acceptors (Lipinski definition) is 4. The zero-order chi connectivity index (χ0) is 20.1. The maximum Gasteiger partial charge on any atom is 0.303 e. The van der Waals surface area contributed by atoms with Crippen molar-refractivity contribution in [2.75, 3.05) is 19.7 Å². The number of pyridine rings is 1. The highest BCUT2D eigenvalue weighted by Gasteiger charge is 2.44. The third-order valence-corrected chi connectivity index (χ3v) is 5.29. The highest BCUT2D eigenvalue weighted by molar-refractivity contribution is 5.74. The minimum absolute atomic E-state index is 0.0224. The third-order valence-electron chi connectivity index (χ3n) is 5.29. The second kappa shape index (κ2) is 8.82. The van der Waals surface area contributed by atoms with Crippen molar-refractivity contribution < 1.29 is 23.4 Å². The van der Waals surface area contributed by atoms with Gasteiger partial charge in [0.25, 0.3) is 0 Å². The van der Waals surface area contributed by atoms with Crippen LogP contribution in [0.2, 0.25) is 0 Å². The summed E-state index contributed by atoms with van der Waals surface area (Å²) in [4.78, 5) is 16.7. The summed E-state index contributed by atoms with van der Waals surface area (Å²) in [6, 6.07) is 5.27. The average Bonchev–Trinajstić information content (AvgIpc) is 2.69. The van der Waals surface area contributed by atoms with Gasteiger partial charge in [-0.25, -0.2) is 13.8 Å². The highest BCUT2D eigenvalue weighted by atomic mass is 19.2. The van der Waals surface area contributed by atoms with Crippen molar-refractivity contribution in [3.63, 3.8) is 0 Å². The van der Waals surface area contributed by atoms with Gasteiger partial charge in [0.15, 0.2) is 5.83 Å². The van der Waals surface area contributed by atoms with E-state index in [9.17, 15) is 9.18 Å². The Morgan fingerprint density at radius 1 is 1.39 bits per heavy atom. The lowest BCUT2D eigenvalue weighted by molar-refractivity contribution is -0.138. The molecule has 0 radical (unpaired) electrons. The lowest BCUT2D eigenvalue weighted by Crippen LogP contribution is -2.50. The molecule has 3 rings (SSSR count). The van der Waals surface area contributed by atoms with Crippen molar-refractivity contribution in [3.05, 3.63) is 41.9 Å². The minimum Gasteiger partial charge on any atom is -0.481 e. The van der Waals surface area contributed by atoms with E-state index in [-0.39, 0.29) is 18.8 Å². The number of aromatic nitrogens is 1. The van der Waals surface area contributed by atoms with Crippen LogP contribution in [-0.2, 0) is 4.79 Å². The van der Waals surface area contributed by atoms with E-state index in [0.29, 0.717) is 49.7 Å². The van der Waals surface area contributed by atoms with E-state index in [1.165, 1.54) is 11.0 Å². The number of likely N-dealkylation sites (tertiary alicyclic amines) is 1. The maximum absolute atomic E-state index is 15.5. The fourth-order valence-corrected chi connectivity index (χ4v) is 3.71. The number of carbonyl (C=O) groups is 1. The molecule has 1 fully saturated rings. The zero-order valence-corrected chi connectivity index (χ0v) is 16.0. The summed E-state index contributed by atoms with van der Waals surface area (Å²) in [5, 5.41) is 8.90. The molecule has 28 heavy (non-hydrogen) atoms. The van der Waals surface area contributed by atoms with Gasteiger partial charge in [-0.05, 0) is 42.9 Å². The molecule has 1 atom stereocenters. The van der Waals surface area contributed by atoms with E-state index in [0.717, 1.165) is 6.42 Å². The first-order valence-corrected chi connectivity index (χ1v) is 9.76. The Bertz CT molecular complexity index is 773. The van der Waals surface area contributed by atoms with Gasteiger partial charge in [0.1, 0.15) is 0 Å². The van der Waals surface area contributed by atoms with Crippen LogP contribution < -0.4 is 4.74 Å². The second-order valence-electron chi connectivity index (χ2n) is 7.35. The smallest absolute Gasteiger partial charge is 0.303 e. The molecule has 0 aromatic carbocycles. The number of piperidine rings is 1. The molecular formula is C21H26F2N2O3. The number of allylic oxidation sites excluding steroid dienone is 2. The molecule has 2 heterocycles. The van der Waals surface area contributed by atoms with Gasteiger partial charge in [-0.3, -0.25) is 9.69 Å². The molecule has 1 aliphatic heterocycles. The number of ether oxygens (including phenoxy) is 1. The van der Waals surface area contributed by atoms with Crippen molar-refractivity contribution in [2.24, 2.45) is 5.92 Å². The van der Waals surface area contributed by atoms with Crippen LogP contribution in [0.4, 0.5) is 8.78 Å². The monoisotopic (exact) mass is 392 g/mol. The largest absolute Gasteiger partial charge is 0.481 e. The molecule has 7 heteroatoms. The van der Waals surface area contributed by atoms with Crippen LogP contribution in [0.15, 0.2) is 36.2 Å². The fraction of sp³-hybridized carbons (Fsp3) is 0.524. The van der Waals surface area contributed by atoms with E-state index >= 15 is 4.39 Å². The van der Waals surface area contributed by atoms with E-state index in [2.05, 4.69) is 4.98 Å². The topological polar surface area (TPSA) is 62.7 Å². The molecule has 0 saturated carbocycles. The van der Waals surface area contributed by atoms with Crippen LogP contribution in [0.5, 0.6) is 5.88 Å². The zero-order valence-electron chi connectivity index (χ0n) is 16.0. The Morgan fingerprint density at radius 2 is 2.14 bits per heavy atom. The molecule has 2 aliphatic rings. The molecular weight excluding hydrogens is 366 g/mol. The van der Waals surface area contributed by atoms with E-state index in [1.807, 2.05) is 6.92 Å². The first kappa shape index (κ1) is 20.5. The van der Waals surface area contributed by atoms with E-state index in [4.69, 9.17) is 9.84 Å².